The van der Waals surface area contributed by atoms with Crippen molar-refractivity contribution in [3.63, 3.8) is 0 Å². The summed E-state index contributed by atoms with van der Waals surface area (Å²) in [5.74, 6) is -0.178. The highest BCUT2D eigenvalue weighted by Crippen LogP contribution is 2.27. The van der Waals surface area contributed by atoms with Crippen molar-refractivity contribution in [2.24, 2.45) is 0 Å². The van der Waals surface area contributed by atoms with Gasteiger partial charge in [-0.1, -0.05) is 46.3 Å². The normalized spacial score (nSPS) is 20.3. The molecule has 2 fully saturated rings. The largest absolute Gasteiger partial charge is 0.446 e. The van der Waals surface area contributed by atoms with E-state index in [1.54, 1.807) is 18.2 Å². The van der Waals surface area contributed by atoms with Gasteiger partial charge in [0.2, 0.25) is 0 Å². The average molecular weight is 477 g/mol. The van der Waals surface area contributed by atoms with Crippen molar-refractivity contribution in [2.45, 2.75) is 44.8 Å². The van der Waals surface area contributed by atoms with E-state index in [9.17, 15) is 9.18 Å². The molecule has 2 aromatic rings. The smallest absolute Gasteiger partial charge is 0.410 e. The molecule has 0 bridgehead atoms. The lowest BCUT2D eigenvalue weighted by molar-refractivity contribution is 0.00695. The molecule has 2 atom stereocenters. The number of halogens is 2. The van der Waals surface area contributed by atoms with E-state index in [1.165, 1.54) is 38.1 Å². The molecule has 0 aliphatic carbocycles. The van der Waals surface area contributed by atoms with Crippen molar-refractivity contribution in [1.29, 1.82) is 0 Å². The molecule has 4 rings (SSSR count). The molecular formula is C24H30BrFN2O2. The zero-order valence-electron chi connectivity index (χ0n) is 17.5. The fourth-order valence-electron chi connectivity index (χ4n) is 3.87. The van der Waals surface area contributed by atoms with Crippen LogP contribution in [0.4, 0.5) is 9.18 Å². The summed E-state index contributed by atoms with van der Waals surface area (Å²) in [6.07, 6.45) is 4.42. The Morgan fingerprint density at radius 3 is 2.30 bits per heavy atom. The molecule has 0 saturated carbocycles. The first-order valence-electron chi connectivity index (χ1n) is 10.7. The highest BCUT2D eigenvalue weighted by molar-refractivity contribution is 9.10. The first-order chi connectivity index (χ1) is 14.5. The number of amides is 1. The number of carbonyl (C=O) groups excluding carboxylic acids is 1. The number of benzene rings is 2. The van der Waals surface area contributed by atoms with E-state index in [4.69, 9.17) is 4.74 Å². The van der Waals surface area contributed by atoms with Gasteiger partial charge in [0.1, 0.15) is 11.9 Å². The molecule has 0 spiro atoms. The summed E-state index contributed by atoms with van der Waals surface area (Å²) >= 11 is 3.45. The number of hydrogen-bond donors (Lipinski definition) is 0. The second-order valence-corrected chi connectivity index (χ2v) is 8.76. The van der Waals surface area contributed by atoms with Gasteiger partial charge < -0.3 is 14.5 Å². The molecule has 6 heteroatoms. The molecule has 30 heavy (non-hydrogen) atoms. The van der Waals surface area contributed by atoms with Gasteiger partial charge in [0, 0.05) is 24.0 Å². The van der Waals surface area contributed by atoms with Crippen molar-refractivity contribution in [3.05, 3.63) is 70.5 Å². The van der Waals surface area contributed by atoms with Crippen LogP contribution in [-0.2, 0) is 4.74 Å². The van der Waals surface area contributed by atoms with E-state index in [2.05, 4.69) is 39.9 Å². The van der Waals surface area contributed by atoms with Gasteiger partial charge in [-0.25, -0.2) is 9.18 Å². The van der Waals surface area contributed by atoms with Crippen LogP contribution in [-0.4, -0.2) is 48.2 Å². The summed E-state index contributed by atoms with van der Waals surface area (Å²) in [5.41, 5.74) is 1.14. The second kappa shape index (κ2) is 11.5. The van der Waals surface area contributed by atoms with Crippen molar-refractivity contribution in [3.8, 4) is 0 Å². The van der Waals surface area contributed by atoms with Crippen LogP contribution >= 0.6 is 15.9 Å². The molecule has 0 N–H and O–H groups in total. The van der Waals surface area contributed by atoms with Gasteiger partial charge in [-0.05, 0) is 69.1 Å². The maximum Gasteiger partial charge on any atom is 0.410 e. The summed E-state index contributed by atoms with van der Waals surface area (Å²) in [5, 5.41) is 0. The van der Waals surface area contributed by atoms with Crippen LogP contribution < -0.4 is 0 Å². The van der Waals surface area contributed by atoms with Crippen LogP contribution in [0.1, 0.15) is 44.2 Å². The molecule has 2 heterocycles. The highest BCUT2D eigenvalue weighted by atomic mass is 79.9. The van der Waals surface area contributed by atoms with E-state index in [1.807, 2.05) is 17.0 Å². The Kier molecular flexibility index (Phi) is 8.70. The Labute approximate surface area is 187 Å². The van der Waals surface area contributed by atoms with Crippen molar-refractivity contribution in [2.75, 3.05) is 26.2 Å². The van der Waals surface area contributed by atoms with Gasteiger partial charge in [0.15, 0.2) is 0 Å². The zero-order valence-corrected chi connectivity index (χ0v) is 19.1. The van der Waals surface area contributed by atoms with Gasteiger partial charge >= 0.3 is 6.09 Å². The standard InChI is InChI=1S/C18H25BrN2O2.C6H5F/c1-14(15-4-6-16(19)7-5-15)21-13-9-17(23-18(21)22)8-12-20-10-2-3-11-20;7-6-4-2-1-3-5-6/h4-7,14,17H,2-3,8-13H2,1H3;1-5H. The lowest BCUT2D eigenvalue weighted by Gasteiger charge is -2.36. The number of nitrogens with zero attached hydrogens (tertiary/aromatic N) is 2. The fraction of sp³-hybridized carbons (Fsp3) is 0.458. The predicted octanol–water partition coefficient (Wildman–Crippen LogP) is 6.03. The third-order valence-corrected chi connectivity index (χ3v) is 6.24. The fourth-order valence-corrected chi connectivity index (χ4v) is 4.13. The Morgan fingerprint density at radius 1 is 1.07 bits per heavy atom. The second-order valence-electron chi connectivity index (χ2n) is 7.85. The Bertz CT molecular complexity index is 782. The molecular weight excluding hydrogens is 447 g/mol. The minimum Gasteiger partial charge on any atom is -0.446 e. The number of hydrogen-bond acceptors (Lipinski definition) is 3. The molecule has 1 amide bonds. The molecule has 162 valence electrons. The summed E-state index contributed by atoms with van der Waals surface area (Å²) in [4.78, 5) is 16.7. The highest BCUT2D eigenvalue weighted by Gasteiger charge is 2.31. The maximum absolute atomic E-state index is 12.4. The zero-order chi connectivity index (χ0) is 21.3. The molecule has 2 unspecified atom stereocenters. The van der Waals surface area contributed by atoms with Crippen LogP contribution in [0.5, 0.6) is 0 Å². The van der Waals surface area contributed by atoms with Gasteiger partial charge in [0.05, 0.1) is 6.04 Å². The maximum atomic E-state index is 12.4. The monoisotopic (exact) mass is 476 g/mol. The van der Waals surface area contributed by atoms with E-state index in [0.29, 0.717) is 0 Å². The van der Waals surface area contributed by atoms with E-state index >= 15 is 0 Å². The summed E-state index contributed by atoms with van der Waals surface area (Å²) in [6, 6.07) is 16.1. The lowest BCUT2D eigenvalue weighted by atomic mass is 10.1. The lowest BCUT2D eigenvalue weighted by Crippen LogP contribution is -2.44. The van der Waals surface area contributed by atoms with Crippen LogP contribution in [0.25, 0.3) is 0 Å². The topological polar surface area (TPSA) is 32.8 Å². The Morgan fingerprint density at radius 2 is 1.73 bits per heavy atom. The summed E-state index contributed by atoms with van der Waals surface area (Å²) < 4.78 is 18.6. The molecule has 0 aromatic heterocycles. The predicted molar refractivity (Wildman–Crippen MR) is 121 cm³/mol. The molecule has 2 aliphatic rings. The van der Waals surface area contributed by atoms with Crippen molar-refractivity contribution in [1.82, 2.24) is 9.80 Å². The van der Waals surface area contributed by atoms with Crippen molar-refractivity contribution < 1.29 is 13.9 Å². The number of likely N-dealkylation sites (tertiary alicyclic amines) is 1. The SMILES string of the molecule is CC(c1ccc(Br)cc1)N1CCC(CCN2CCCC2)OC1=O.Fc1ccccc1. The third kappa shape index (κ3) is 6.81. The number of rotatable bonds is 5. The van der Waals surface area contributed by atoms with Gasteiger partial charge in [-0.2, -0.15) is 0 Å². The molecule has 2 aliphatic heterocycles. The number of carbonyl (C=O) groups is 1. The minimum atomic E-state index is -0.178. The average Bonchev–Trinajstić information content (AvgIpc) is 3.27. The third-order valence-electron chi connectivity index (χ3n) is 5.71. The molecule has 4 nitrogen and oxygen atoms in total. The Hall–Kier alpha value is -1.92. The molecule has 2 saturated heterocycles. The van der Waals surface area contributed by atoms with Gasteiger partial charge in [0.25, 0.3) is 0 Å². The van der Waals surface area contributed by atoms with E-state index in [-0.39, 0.29) is 24.1 Å². The van der Waals surface area contributed by atoms with E-state index < -0.39 is 0 Å². The molecule has 2 aromatic carbocycles. The van der Waals surface area contributed by atoms with Gasteiger partial charge in [-0.3, -0.25) is 0 Å². The van der Waals surface area contributed by atoms with E-state index in [0.717, 1.165) is 36.0 Å². The van der Waals surface area contributed by atoms with Gasteiger partial charge in [-0.15, -0.1) is 0 Å². The quantitative estimate of drug-likeness (QED) is 0.527. The molecule has 0 radical (unpaired) electrons. The number of cyclic esters (lactones) is 1. The Balaban J connectivity index is 0.000000310. The van der Waals surface area contributed by atoms with Crippen LogP contribution in [0.2, 0.25) is 0 Å². The number of ether oxygens (including phenoxy) is 1. The van der Waals surface area contributed by atoms with Crippen LogP contribution in [0.3, 0.4) is 0 Å². The summed E-state index contributed by atoms with van der Waals surface area (Å²) in [7, 11) is 0. The minimum absolute atomic E-state index is 0.0510. The summed E-state index contributed by atoms with van der Waals surface area (Å²) in [6.45, 7) is 6.30. The van der Waals surface area contributed by atoms with Crippen LogP contribution in [0, 0.1) is 5.82 Å². The van der Waals surface area contributed by atoms with Crippen molar-refractivity contribution >= 4 is 22.0 Å². The first-order valence-corrected chi connectivity index (χ1v) is 11.5. The van der Waals surface area contributed by atoms with Crippen LogP contribution in [0.15, 0.2) is 59.1 Å². The first kappa shape index (κ1) is 22.8.